The van der Waals surface area contributed by atoms with Crippen molar-refractivity contribution in [2.24, 2.45) is 0 Å². The first-order valence-corrected chi connectivity index (χ1v) is 9.76. The molecule has 6 heteroatoms. The molecule has 1 atom stereocenters. The molecule has 1 fully saturated rings. The molecule has 0 spiro atoms. The van der Waals surface area contributed by atoms with E-state index in [4.69, 9.17) is 9.15 Å². The Bertz CT molecular complexity index is 1070. The van der Waals surface area contributed by atoms with Crippen molar-refractivity contribution in [1.29, 1.82) is 0 Å². The van der Waals surface area contributed by atoms with E-state index in [-0.39, 0.29) is 5.97 Å². The van der Waals surface area contributed by atoms with Crippen molar-refractivity contribution in [3.63, 3.8) is 0 Å². The molecule has 0 amide bonds. The third-order valence-electron chi connectivity index (χ3n) is 5.61. The van der Waals surface area contributed by atoms with Gasteiger partial charge in [0.05, 0.1) is 5.69 Å². The van der Waals surface area contributed by atoms with Crippen molar-refractivity contribution in [2.75, 3.05) is 31.1 Å². The first-order valence-electron chi connectivity index (χ1n) is 9.76. The predicted molar refractivity (Wildman–Crippen MR) is 107 cm³/mol. The van der Waals surface area contributed by atoms with Crippen molar-refractivity contribution >= 4 is 22.6 Å². The van der Waals surface area contributed by atoms with E-state index < -0.39 is 5.92 Å². The van der Waals surface area contributed by atoms with Crippen LogP contribution in [0.25, 0.3) is 11.0 Å². The lowest BCUT2D eigenvalue weighted by Gasteiger charge is -2.31. The number of aromatic nitrogens is 1. The van der Waals surface area contributed by atoms with Crippen molar-refractivity contribution in [2.45, 2.75) is 26.2 Å². The number of hydrogen-bond acceptors (Lipinski definition) is 6. The number of pyridine rings is 1. The van der Waals surface area contributed by atoms with Crippen LogP contribution in [0.5, 0.6) is 5.75 Å². The minimum atomic E-state index is -0.426. The van der Waals surface area contributed by atoms with Gasteiger partial charge >= 0.3 is 5.97 Å². The monoisotopic (exact) mass is 377 g/mol. The van der Waals surface area contributed by atoms with Gasteiger partial charge in [-0.1, -0.05) is 6.07 Å². The number of carbonyl (C=O) groups excluding carboxylic acids is 1. The van der Waals surface area contributed by atoms with Crippen molar-refractivity contribution < 1.29 is 13.9 Å². The number of benzene rings is 1. The number of anilines is 1. The lowest BCUT2D eigenvalue weighted by atomic mass is 9.93. The van der Waals surface area contributed by atoms with E-state index in [0.717, 1.165) is 59.8 Å². The quantitative estimate of drug-likeness (QED) is 0.547. The van der Waals surface area contributed by atoms with Gasteiger partial charge < -0.3 is 19.4 Å². The van der Waals surface area contributed by atoms with Gasteiger partial charge in [-0.2, -0.15) is 0 Å². The van der Waals surface area contributed by atoms with Gasteiger partial charge in [0.25, 0.3) is 0 Å². The molecule has 2 aliphatic heterocycles. The van der Waals surface area contributed by atoms with Gasteiger partial charge in [0.15, 0.2) is 5.58 Å². The summed E-state index contributed by atoms with van der Waals surface area (Å²) in [5.41, 5.74) is 4.66. The SMILES string of the molecule is Cc1cc2cc(C3Cc4ccc(N5CCNCC5)cc4OC3=O)oc2c(C)n1. The second-order valence-corrected chi connectivity index (χ2v) is 7.62. The van der Waals surface area contributed by atoms with Crippen LogP contribution in [-0.4, -0.2) is 37.1 Å². The summed E-state index contributed by atoms with van der Waals surface area (Å²) in [6.45, 7) is 7.74. The molecule has 1 N–H and O–H groups in total. The highest BCUT2D eigenvalue weighted by Gasteiger charge is 2.33. The first-order chi connectivity index (χ1) is 13.6. The molecular weight excluding hydrogens is 354 g/mol. The normalized spacial score (nSPS) is 19.6. The molecule has 5 rings (SSSR count). The lowest BCUT2D eigenvalue weighted by molar-refractivity contribution is -0.137. The topological polar surface area (TPSA) is 67.6 Å². The van der Waals surface area contributed by atoms with E-state index in [0.29, 0.717) is 17.9 Å². The molecule has 3 aromatic rings. The molecule has 1 aromatic carbocycles. The minimum Gasteiger partial charge on any atom is -0.458 e. The molecule has 0 saturated carbocycles. The first kappa shape index (κ1) is 17.3. The number of ether oxygens (including phenoxy) is 1. The van der Waals surface area contributed by atoms with Crippen LogP contribution in [0.2, 0.25) is 0 Å². The Morgan fingerprint density at radius 1 is 1.14 bits per heavy atom. The fraction of sp³-hybridized carbons (Fsp3) is 0.364. The molecule has 2 aromatic heterocycles. The van der Waals surface area contributed by atoms with Gasteiger partial charge in [-0.25, -0.2) is 0 Å². The number of esters is 1. The number of nitrogens with one attached hydrogen (secondary N) is 1. The molecule has 1 unspecified atom stereocenters. The molecule has 2 aliphatic rings. The van der Waals surface area contributed by atoms with Gasteiger partial charge in [-0.15, -0.1) is 0 Å². The number of nitrogens with zero attached hydrogens (tertiary/aromatic N) is 2. The van der Waals surface area contributed by atoms with Crippen LogP contribution in [0.3, 0.4) is 0 Å². The summed E-state index contributed by atoms with van der Waals surface area (Å²) >= 11 is 0. The summed E-state index contributed by atoms with van der Waals surface area (Å²) < 4.78 is 11.7. The van der Waals surface area contributed by atoms with Gasteiger partial charge in [0.1, 0.15) is 17.4 Å². The number of aryl methyl sites for hydroxylation is 2. The van der Waals surface area contributed by atoms with Crippen LogP contribution in [0.1, 0.15) is 28.6 Å². The maximum Gasteiger partial charge on any atom is 0.322 e. The zero-order valence-corrected chi connectivity index (χ0v) is 16.1. The van der Waals surface area contributed by atoms with Crippen LogP contribution in [-0.2, 0) is 11.2 Å². The zero-order chi connectivity index (χ0) is 19.3. The van der Waals surface area contributed by atoms with E-state index in [1.807, 2.05) is 32.0 Å². The van der Waals surface area contributed by atoms with Gasteiger partial charge in [0.2, 0.25) is 0 Å². The Kier molecular flexibility index (Phi) is 4.09. The molecule has 0 aliphatic carbocycles. The lowest BCUT2D eigenvalue weighted by Crippen LogP contribution is -2.43. The van der Waals surface area contributed by atoms with Gasteiger partial charge in [-0.05, 0) is 44.0 Å². The summed E-state index contributed by atoms with van der Waals surface area (Å²) in [4.78, 5) is 19.5. The molecule has 0 radical (unpaired) electrons. The van der Waals surface area contributed by atoms with Crippen molar-refractivity contribution in [1.82, 2.24) is 10.3 Å². The maximum absolute atomic E-state index is 12.8. The standard InChI is InChI=1S/C22H23N3O3/c1-13-9-16-11-20(27-21(16)14(2)24-13)18-10-15-3-4-17(12-19(15)28-22(18)26)25-7-5-23-6-8-25/h3-4,9,11-12,18,23H,5-8,10H2,1-2H3. The second-order valence-electron chi connectivity index (χ2n) is 7.62. The third kappa shape index (κ3) is 2.94. The highest BCUT2D eigenvalue weighted by molar-refractivity contribution is 5.86. The van der Waals surface area contributed by atoms with Crippen LogP contribution in [0, 0.1) is 13.8 Å². The highest BCUT2D eigenvalue weighted by atomic mass is 16.5. The van der Waals surface area contributed by atoms with E-state index in [1.54, 1.807) is 0 Å². The number of hydrogen-bond donors (Lipinski definition) is 1. The number of fused-ring (bicyclic) bond motifs is 2. The zero-order valence-electron chi connectivity index (χ0n) is 16.1. The largest absolute Gasteiger partial charge is 0.458 e. The number of furan rings is 1. The average molecular weight is 377 g/mol. The molecule has 144 valence electrons. The van der Waals surface area contributed by atoms with E-state index >= 15 is 0 Å². The molecule has 1 saturated heterocycles. The Balaban J connectivity index is 1.45. The fourth-order valence-corrected chi connectivity index (χ4v) is 4.19. The second kappa shape index (κ2) is 6.63. The Morgan fingerprint density at radius 2 is 1.96 bits per heavy atom. The minimum absolute atomic E-state index is 0.258. The van der Waals surface area contributed by atoms with Gasteiger partial charge in [-0.3, -0.25) is 9.78 Å². The third-order valence-corrected chi connectivity index (χ3v) is 5.61. The van der Waals surface area contributed by atoms with Crippen molar-refractivity contribution in [3.05, 3.63) is 53.0 Å². The van der Waals surface area contributed by atoms with Crippen LogP contribution < -0.4 is 15.0 Å². The van der Waals surface area contributed by atoms with Gasteiger partial charge in [0, 0.05) is 49.0 Å². The molecule has 6 nitrogen and oxygen atoms in total. The average Bonchev–Trinajstić information content (AvgIpc) is 3.12. The Labute approximate surface area is 163 Å². The van der Waals surface area contributed by atoms with Crippen LogP contribution in [0.15, 0.2) is 34.7 Å². The number of carbonyl (C=O) groups is 1. The summed E-state index contributed by atoms with van der Waals surface area (Å²) in [5, 5.41) is 4.33. The van der Waals surface area contributed by atoms with E-state index in [2.05, 4.69) is 27.3 Å². The van der Waals surface area contributed by atoms with Crippen LogP contribution >= 0.6 is 0 Å². The number of rotatable bonds is 2. The smallest absolute Gasteiger partial charge is 0.322 e. The maximum atomic E-state index is 12.8. The molecule has 28 heavy (non-hydrogen) atoms. The molecular formula is C22H23N3O3. The molecule has 4 heterocycles. The number of piperazine rings is 1. The summed E-state index contributed by atoms with van der Waals surface area (Å²) in [6, 6.07) is 10.1. The van der Waals surface area contributed by atoms with E-state index in [9.17, 15) is 4.79 Å². The molecule has 0 bridgehead atoms. The highest BCUT2D eigenvalue weighted by Crippen LogP contribution is 2.38. The fourth-order valence-electron chi connectivity index (χ4n) is 4.19. The van der Waals surface area contributed by atoms with Crippen molar-refractivity contribution in [3.8, 4) is 5.75 Å². The summed E-state index contributed by atoms with van der Waals surface area (Å²) in [6.07, 6.45) is 0.585. The summed E-state index contributed by atoms with van der Waals surface area (Å²) in [5.74, 6) is 0.630. The Hall–Kier alpha value is -2.86. The predicted octanol–water partition coefficient (Wildman–Crippen LogP) is 3.10. The van der Waals surface area contributed by atoms with Crippen LogP contribution in [0.4, 0.5) is 5.69 Å². The van der Waals surface area contributed by atoms with E-state index in [1.165, 1.54) is 0 Å². The Morgan fingerprint density at radius 3 is 2.79 bits per heavy atom. The summed E-state index contributed by atoms with van der Waals surface area (Å²) in [7, 11) is 0.